The summed E-state index contributed by atoms with van der Waals surface area (Å²) >= 11 is 0. The van der Waals surface area contributed by atoms with Crippen LogP contribution in [0, 0.1) is 6.92 Å². The quantitative estimate of drug-likeness (QED) is 0.885. The van der Waals surface area contributed by atoms with Gasteiger partial charge in [0.1, 0.15) is 5.69 Å². The van der Waals surface area contributed by atoms with Crippen LogP contribution in [-0.2, 0) is 13.0 Å². The van der Waals surface area contributed by atoms with E-state index in [2.05, 4.69) is 22.2 Å². The van der Waals surface area contributed by atoms with Crippen molar-refractivity contribution in [2.24, 2.45) is 0 Å². The minimum atomic E-state index is -0.255. The van der Waals surface area contributed by atoms with E-state index < -0.39 is 0 Å². The molecule has 0 atom stereocenters. The van der Waals surface area contributed by atoms with Crippen LogP contribution in [0.1, 0.15) is 45.2 Å². The number of carbonyl (C=O) groups excluding carboxylic acids is 2. The Morgan fingerprint density at radius 2 is 1.79 bits per heavy atom. The van der Waals surface area contributed by atoms with Gasteiger partial charge >= 0.3 is 0 Å². The van der Waals surface area contributed by atoms with E-state index in [0.717, 1.165) is 55.8 Å². The molecule has 2 aromatic rings. The number of hydrogen-bond acceptors (Lipinski definition) is 4. The summed E-state index contributed by atoms with van der Waals surface area (Å²) in [5.74, 6) is 0.0407. The van der Waals surface area contributed by atoms with Crippen molar-refractivity contribution in [1.29, 1.82) is 0 Å². The second-order valence-corrected chi connectivity index (χ2v) is 7.70. The summed E-state index contributed by atoms with van der Waals surface area (Å²) in [4.78, 5) is 34.7. The van der Waals surface area contributed by atoms with Gasteiger partial charge in [-0.2, -0.15) is 0 Å². The molecule has 4 rings (SSSR count). The molecule has 0 saturated carbocycles. The molecule has 0 spiro atoms. The predicted octanol–water partition coefficient (Wildman–Crippen LogP) is 2.17. The molecule has 1 aromatic heterocycles. The van der Waals surface area contributed by atoms with E-state index in [1.807, 2.05) is 40.7 Å². The van der Waals surface area contributed by atoms with Gasteiger partial charge in [0.2, 0.25) is 0 Å². The molecule has 0 bridgehead atoms. The Morgan fingerprint density at radius 1 is 1.04 bits per heavy atom. The first-order chi connectivity index (χ1) is 13.5. The highest BCUT2D eigenvalue weighted by Crippen LogP contribution is 2.24. The molecular formula is C21H27N5O2. The highest BCUT2D eigenvalue weighted by Gasteiger charge is 2.31. The number of hydrogen-bond donors (Lipinski definition) is 1. The van der Waals surface area contributed by atoms with Crippen molar-refractivity contribution in [3.8, 4) is 0 Å². The van der Waals surface area contributed by atoms with Gasteiger partial charge in [-0.1, -0.05) is 18.2 Å². The van der Waals surface area contributed by atoms with E-state index in [-0.39, 0.29) is 11.8 Å². The summed E-state index contributed by atoms with van der Waals surface area (Å²) in [6, 6.07) is 7.67. The van der Waals surface area contributed by atoms with Gasteiger partial charge < -0.3 is 19.7 Å². The van der Waals surface area contributed by atoms with Crippen LogP contribution >= 0.6 is 0 Å². The Morgan fingerprint density at radius 3 is 2.54 bits per heavy atom. The fraction of sp³-hybridized carbons (Fsp3) is 0.476. The molecule has 0 unspecified atom stereocenters. The summed E-state index contributed by atoms with van der Waals surface area (Å²) < 4.78 is 1.94. The Kier molecular flexibility index (Phi) is 5.17. The molecule has 0 radical (unpaired) electrons. The molecule has 2 amide bonds. The van der Waals surface area contributed by atoms with Gasteiger partial charge in [0.15, 0.2) is 5.82 Å². The molecule has 1 saturated heterocycles. The fourth-order valence-corrected chi connectivity index (χ4v) is 3.94. The summed E-state index contributed by atoms with van der Waals surface area (Å²) in [7, 11) is 2.06. The minimum absolute atomic E-state index is 0.0475. The molecule has 2 aliphatic heterocycles. The van der Waals surface area contributed by atoms with Crippen LogP contribution in [0.5, 0.6) is 0 Å². The Hall–Kier alpha value is -2.67. The van der Waals surface area contributed by atoms with Gasteiger partial charge in [0.25, 0.3) is 11.8 Å². The van der Waals surface area contributed by atoms with Gasteiger partial charge in [-0.05, 0) is 44.9 Å². The third kappa shape index (κ3) is 3.54. The van der Waals surface area contributed by atoms with Gasteiger partial charge in [0.05, 0.1) is 5.69 Å². The number of amides is 2. The number of nitrogens with zero attached hydrogens (tertiary/aromatic N) is 4. The average molecular weight is 381 g/mol. The van der Waals surface area contributed by atoms with Crippen LogP contribution in [0.4, 0.5) is 5.69 Å². The standard InChI is InChI=1S/C21H27N5O2/c1-15-7-3-4-8-16(15)22-20(27)19-23-18(17-9-5-6-10-26(17)19)21(28)25-13-11-24(2)12-14-25/h3-4,7-8H,5-6,9-14H2,1-2H3,(H,22,27). The number of carbonyl (C=O) groups is 2. The second-order valence-electron chi connectivity index (χ2n) is 7.70. The van der Waals surface area contributed by atoms with Crippen molar-refractivity contribution in [1.82, 2.24) is 19.4 Å². The van der Waals surface area contributed by atoms with Crippen LogP contribution in [0.15, 0.2) is 24.3 Å². The summed E-state index contributed by atoms with van der Waals surface area (Å²) in [5.41, 5.74) is 3.13. The maximum absolute atomic E-state index is 13.1. The molecule has 3 heterocycles. The minimum Gasteiger partial charge on any atom is -0.335 e. The number of aryl methyl sites for hydroxylation is 1. The fourth-order valence-electron chi connectivity index (χ4n) is 3.94. The van der Waals surface area contributed by atoms with E-state index in [1.54, 1.807) is 0 Å². The van der Waals surface area contributed by atoms with E-state index in [9.17, 15) is 9.59 Å². The molecule has 28 heavy (non-hydrogen) atoms. The van der Waals surface area contributed by atoms with Crippen LogP contribution in [0.25, 0.3) is 0 Å². The largest absolute Gasteiger partial charge is 0.335 e. The number of nitrogens with one attached hydrogen (secondary N) is 1. The van der Waals surface area contributed by atoms with E-state index in [4.69, 9.17) is 0 Å². The highest BCUT2D eigenvalue weighted by atomic mass is 16.2. The maximum atomic E-state index is 13.1. The lowest BCUT2D eigenvalue weighted by Gasteiger charge is -2.32. The van der Waals surface area contributed by atoms with Gasteiger partial charge in [0, 0.05) is 38.4 Å². The lowest BCUT2D eigenvalue weighted by Crippen LogP contribution is -2.47. The first kappa shape index (κ1) is 18.7. The van der Waals surface area contributed by atoms with Gasteiger partial charge in [-0.15, -0.1) is 0 Å². The van der Waals surface area contributed by atoms with Crippen LogP contribution in [0.3, 0.4) is 0 Å². The SMILES string of the molecule is Cc1ccccc1NC(=O)c1nc(C(=O)N2CCN(C)CC2)c2n1CCCC2. The molecule has 148 valence electrons. The average Bonchev–Trinajstić information content (AvgIpc) is 3.10. The number of imidazole rings is 1. The first-order valence-corrected chi connectivity index (χ1v) is 9.99. The lowest BCUT2D eigenvalue weighted by atomic mass is 10.1. The number of aromatic nitrogens is 2. The van der Waals surface area contributed by atoms with Crippen LogP contribution in [0.2, 0.25) is 0 Å². The van der Waals surface area contributed by atoms with Crippen molar-refractivity contribution < 1.29 is 9.59 Å². The number of likely N-dealkylation sites (N-methyl/N-ethyl adjacent to an activating group) is 1. The Labute approximate surface area is 165 Å². The first-order valence-electron chi connectivity index (χ1n) is 9.99. The van der Waals surface area contributed by atoms with E-state index >= 15 is 0 Å². The van der Waals surface area contributed by atoms with Crippen molar-refractivity contribution in [3.63, 3.8) is 0 Å². The molecule has 7 nitrogen and oxygen atoms in total. The molecule has 1 N–H and O–H groups in total. The zero-order valence-electron chi connectivity index (χ0n) is 16.6. The number of anilines is 1. The monoisotopic (exact) mass is 381 g/mol. The summed E-state index contributed by atoms with van der Waals surface area (Å²) in [5, 5.41) is 2.96. The van der Waals surface area contributed by atoms with E-state index in [1.165, 1.54) is 0 Å². The third-order valence-corrected chi connectivity index (χ3v) is 5.71. The molecule has 7 heteroatoms. The van der Waals surface area contributed by atoms with Crippen LogP contribution < -0.4 is 5.32 Å². The molecule has 1 aromatic carbocycles. The summed E-state index contributed by atoms with van der Waals surface area (Å²) in [6.45, 7) is 5.82. The van der Waals surface area contributed by atoms with Crippen molar-refractivity contribution in [2.45, 2.75) is 32.7 Å². The number of para-hydroxylation sites is 1. The van der Waals surface area contributed by atoms with Crippen molar-refractivity contribution in [2.75, 3.05) is 38.5 Å². The molecule has 2 aliphatic rings. The molecule has 0 aliphatic carbocycles. The van der Waals surface area contributed by atoms with Gasteiger partial charge in [-0.3, -0.25) is 9.59 Å². The normalized spacial score (nSPS) is 17.3. The van der Waals surface area contributed by atoms with Crippen molar-refractivity contribution in [3.05, 3.63) is 47.0 Å². The van der Waals surface area contributed by atoms with Crippen molar-refractivity contribution >= 4 is 17.5 Å². The van der Waals surface area contributed by atoms with Crippen LogP contribution in [-0.4, -0.2) is 64.4 Å². The second kappa shape index (κ2) is 7.75. The highest BCUT2D eigenvalue weighted by molar-refractivity contribution is 6.04. The Bertz CT molecular complexity index is 896. The maximum Gasteiger partial charge on any atom is 0.291 e. The van der Waals surface area contributed by atoms with Gasteiger partial charge in [-0.25, -0.2) is 4.98 Å². The number of rotatable bonds is 3. The molecular weight excluding hydrogens is 354 g/mol. The number of piperazine rings is 1. The zero-order valence-corrected chi connectivity index (χ0v) is 16.6. The number of fused-ring (bicyclic) bond motifs is 1. The predicted molar refractivity (Wildman–Crippen MR) is 108 cm³/mol. The Balaban J connectivity index is 1.62. The topological polar surface area (TPSA) is 70.5 Å². The smallest absolute Gasteiger partial charge is 0.291 e. The third-order valence-electron chi connectivity index (χ3n) is 5.71. The lowest BCUT2D eigenvalue weighted by molar-refractivity contribution is 0.0657. The summed E-state index contributed by atoms with van der Waals surface area (Å²) in [6.07, 6.45) is 2.81. The number of benzene rings is 1. The van der Waals surface area contributed by atoms with E-state index in [0.29, 0.717) is 24.6 Å². The zero-order chi connectivity index (χ0) is 19.7. The molecule has 1 fully saturated rings.